The molecule has 0 fully saturated rings. The molecule has 0 unspecified atom stereocenters. The zero-order valence-electron chi connectivity index (χ0n) is 10.2. The van der Waals surface area contributed by atoms with E-state index in [0.717, 1.165) is 11.3 Å². The van der Waals surface area contributed by atoms with E-state index >= 15 is 0 Å². The molecule has 0 atom stereocenters. The number of amides is 1. The van der Waals surface area contributed by atoms with Crippen LogP contribution >= 0.6 is 11.6 Å². The van der Waals surface area contributed by atoms with Crippen LogP contribution in [0, 0.1) is 0 Å². The summed E-state index contributed by atoms with van der Waals surface area (Å²) in [6.07, 6.45) is 0. The number of rotatable bonds is 8. The summed E-state index contributed by atoms with van der Waals surface area (Å²) in [5.41, 5.74) is 5.91. The van der Waals surface area contributed by atoms with E-state index in [1.807, 2.05) is 12.1 Å². The molecule has 6 heteroatoms. The molecule has 100 valence electrons. The summed E-state index contributed by atoms with van der Waals surface area (Å²) in [5, 5.41) is 3.83. The van der Waals surface area contributed by atoms with Crippen molar-refractivity contribution in [3.8, 4) is 5.75 Å². The number of methoxy groups -OCH3 is 1. The molecule has 1 rings (SSSR count). The van der Waals surface area contributed by atoms with E-state index in [0.29, 0.717) is 24.7 Å². The number of carbonyl (C=O) groups is 1. The molecule has 0 heterocycles. The summed E-state index contributed by atoms with van der Waals surface area (Å²) in [6, 6.07) is 5.44. The molecule has 0 saturated heterocycles. The maximum absolute atomic E-state index is 10.4. The predicted molar refractivity (Wildman–Crippen MR) is 69.7 cm³/mol. The number of nitrogens with two attached hydrogens (primary N) is 1. The highest BCUT2D eigenvalue weighted by atomic mass is 35.5. The summed E-state index contributed by atoms with van der Waals surface area (Å²) in [7, 11) is 1.61. The molecule has 18 heavy (non-hydrogen) atoms. The Morgan fingerprint density at radius 1 is 1.50 bits per heavy atom. The van der Waals surface area contributed by atoms with Gasteiger partial charge in [-0.3, -0.25) is 4.79 Å². The Labute approximate surface area is 111 Å². The maximum Gasteiger partial charge on any atom is 0.243 e. The molecule has 0 spiro atoms. The lowest BCUT2D eigenvalue weighted by molar-refractivity contribution is -0.122. The van der Waals surface area contributed by atoms with E-state index < -0.39 is 5.91 Å². The van der Waals surface area contributed by atoms with Crippen LogP contribution in [0.5, 0.6) is 5.75 Å². The normalized spacial score (nSPS) is 10.3. The first kappa shape index (κ1) is 14.8. The standard InChI is InChI=1S/C12H17ClN2O3/c1-17-11-3-2-10(13)6-9(11)7-15-4-5-18-8-12(14)16/h2-3,6,15H,4-5,7-8H2,1H3,(H2,14,16). The Bertz CT molecular complexity index is 399. The molecule has 0 saturated carbocycles. The van der Waals surface area contributed by atoms with Gasteiger partial charge in [0.2, 0.25) is 5.91 Å². The summed E-state index contributed by atoms with van der Waals surface area (Å²) >= 11 is 5.91. The molecule has 0 bridgehead atoms. The number of benzene rings is 1. The maximum atomic E-state index is 10.4. The van der Waals surface area contributed by atoms with Crippen LogP contribution in [-0.4, -0.2) is 32.8 Å². The molecular formula is C12H17ClN2O3. The number of hydrogen-bond acceptors (Lipinski definition) is 4. The molecule has 1 aromatic carbocycles. The van der Waals surface area contributed by atoms with Gasteiger partial charge in [-0.1, -0.05) is 11.6 Å². The summed E-state index contributed by atoms with van der Waals surface area (Å²) in [6.45, 7) is 1.60. The van der Waals surface area contributed by atoms with Crippen molar-refractivity contribution in [1.29, 1.82) is 0 Å². The van der Waals surface area contributed by atoms with Gasteiger partial charge in [0.05, 0.1) is 13.7 Å². The zero-order chi connectivity index (χ0) is 13.4. The van der Waals surface area contributed by atoms with Crippen molar-refractivity contribution < 1.29 is 14.3 Å². The van der Waals surface area contributed by atoms with E-state index in [-0.39, 0.29) is 6.61 Å². The molecule has 0 radical (unpaired) electrons. The quantitative estimate of drug-likeness (QED) is 0.691. The minimum atomic E-state index is -0.466. The van der Waals surface area contributed by atoms with E-state index in [4.69, 9.17) is 26.8 Å². The van der Waals surface area contributed by atoms with Gasteiger partial charge in [0.15, 0.2) is 0 Å². The van der Waals surface area contributed by atoms with Gasteiger partial charge in [-0.2, -0.15) is 0 Å². The SMILES string of the molecule is COc1ccc(Cl)cc1CNCCOCC(N)=O. The molecule has 1 aromatic rings. The van der Waals surface area contributed by atoms with Gasteiger partial charge in [-0.15, -0.1) is 0 Å². The number of ether oxygens (including phenoxy) is 2. The third-order valence-corrected chi connectivity index (χ3v) is 2.46. The Morgan fingerprint density at radius 3 is 2.94 bits per heavy atom. The Morgan fingerprint density at radius 2 is 2.28 bits per heavy atom. The third-order valence-electron chi connectivity index (χ3n) is 2.23. The van der Waals surface area contributed by atoms with Crippen molar-refractivity contribution in [2.75, 3.05) is 26.9 Å². The number of carbonyl (C=O) groups excluding carboxylic acids is 1. The van der Waals surface area contributed by atoms with Crippen LogP contribution < -0.4 is 15.8 Å². The lowest BCUT2D eigenvalue weighted by Gasteiger charge is -2.10. The number of hydrogen-bond donors (Lipinski definition) is 2. The van der Waals surface area contributed by atoms with Crippen LogP contribution in [0.15, 0.2) is 18.2 Å². The fraction of sp³-hybridized carbons (Fsp3) is 0.417. The molecular weight excluding hydrogens is 256 g/mol. The van der Waals surface area contributed by atoms with Crippen LogP contribution in [0.3, 0.4) is 0 Å². The highest BCUT2D eigenvalue weighted by Crippen LogP contribution is 2.22. The van der Waals surface area contributed by atoms with Crippen LogP contribution in [0.4, 0.5) is 0 Å². The number of halogens is 1. The van der Waals surface area contributed by atoms with Crippen molar-refractivity contribution in [3.63, 3.8) is 0 Å². The Hall–Kier alpha value is -1.30. The van der Waals surface area contributed by atoms with Crippen molar-refractivity contribution in [3.05, 3.63) is 28.8 Å². The second kappa shape index (κ2) is 7.92. The fourth-order valence-electron chi connectivity index (χ4n) is 1.43. The van der Waals surface area contributed by atoms with Gasteiger partial charge in [0, 0.05) is 23.7 Å². The molecule has 0 aliphatic rings. The average molecular weight is 273 g/mol. The lowest BCUT2D eigenvalue weighted by Crippen LogP contribution is -2.23. The second-order valence-electron chi connectivity index (χ2n) is 3.65. The summed E-state index contributed by atoms with van der Waals surface area (Å²) in [4.78, 5) is 10.4. The summed E-state index contributed by atoms with van der Waals surface area (Å²) < 4.78 is 10.2. The first-order chi connectivity index (χ1) is 8.63. The zero-order valence-corrected chi connectivity index (χ0v) is 11.0. The first-order valence-electron chi connectivity index (χ1n) is 5.52. The Balaban J connectivity index is 2.30. The highest BCUT2D eigenvalue weighted by molar-refractivity contribution is 6.30. The van der Waals surface area contributed by atoms with Crippen molar-refractivity contribution in [2.45, 2.75) is 6.54 Å². The topological polar surface area (TPSA) is 73.6 Å². The minimum absolute atomic E-state index is 0.0534. The summed E-state index contributed by atoms with van der Waals surface area (Å²) in [5.74, 6) is 0.316. The lowest BCUT2D eigenvalue weighted by atomic mass is 10.2. The van der Waals surface area contributed by atoms with Gasteiger partial charge in [-0.05, 0) is 18.2 Å². The van der Waals surface area contributed by atoms with Gasteiger partial charge >= 0.3 is 0 Å². The van der Waals surface area contributed by atoms with Crippen LogP contribution in [0.1, 0.15) is 5.56 Å². The predicted octanol–water partition coefficient (Wildman–Crippen LogP) is 0.940. The molecule has 0 aliphatic heterocycles. The highest BCUT2D eigenvalue weighted by Gasteiger charge is 2.03. The Kier molecular flexibility index (Phi) is 6.49. The van der Waals surface area contributed by atoms with Crippen LogP contribution in [0.25, 0.3) is 0 Å². The van der Waals surface area contributed by atoms with E-state index in [1.165, 1.54) is 0 Å². The van der Waals surface area contributed by atoms with Crippen molar-refractivity contribution in [1.82, 2.24) is 5.32 Å². The number of nitrogens with one attached hydrogen (secondary N) is 1. The van der Waals surface area contributed by atoms with Crippen molar-refractivity contribution in [2.24, 2.45) is 5.73 Å². The molecule has 5 nitrogen and oxygen atoms in total. The smallest absolute Gasteiger partial charge is 0.243 e. The minimum Gasteiger partial charge on any atom is -0.496 e. The number of primary amides is 1. The molecule has 1 amide bonds. The van der Waals surface area contributed by atoms with Crippen LogP contribution in [0.2, 0.25) is 5.02 Å². The molecule has 0 aliphatic carbocycles. The van der Waals surface area contributed by atoms with Crippen molar-refractivity contribution >= 4 is 17.5 Å². The van der Waals surface area contributed by atoms with E-state index in [1.54, 1.807) is 13.2 Å². The monoisotopic (exact) mass is 272 g/mol. The average Bonchev–Trinajstić information content (AvgIpc) is 2.33. The van der Waals surface area contributed by atoms with Gasteiger partial charge in [-0.25, -0.2) is 0 Å². The van der Waals surface area contributed by atoms with E-state index in [9.17, 15) is 4.79 Å². The molecule has 0 aromatic heterocycles. The first-order valence-corrected chi connectivity index (χ1v) is 5.90. The van der Waals surface area contributed by atoms with Gasteiger partial charge < -0.3 is 20.5 Å². The second-order valence-corrected chi connectivity index (χ2v) is 4.09. The fourth-order valence-corrected chi connectivity index (χ4v) is 1.62. The van der Waals surface area contributed by atoms with Crippen LogP contribution in [-0.2, 0) is 16.1 Å². The van der Waals surface area contributed by atoms with Gasteiger partial charge in [0.25, 0.3) is 0 Å². The third kappa shape index (κ3) is 5.35. The molecule has 3 N–H and O–H groups in total. The largest absolute Gasteiger partial charge is 0.496 e. The van der Waals surface area contributed by atoms with Gasteiger partial charge in [0.1, 0.15) is 12.4 Å². The van der Waals surface area contributed by atoms with E-state index in [2.05, 4.69) is 5.32 Å².